The number of rotatable bonds is 6. The van der Waals surface area contributed by atoms with Crippen LogP contribution in [0.3, 0.4) is 0 Å². The second kappa shape index (κ2) is 8.24. The van der Waals surface area contributed by atoms with Crippen molar-refractivity contribution in [3.05, 3.63) is 53.6 Å². The van der Waals surface area contributed by atoms with E-state index in [1.54, 1.807) is 13.0 Å². The minimum Gasteiger partial charge on any atom is -0.477 e. The standard InChI is InChI=1S/C20H19F3N4O/c1-3-8-28-19-16(13-9-11(2)25-15(10-13)18(22)23)17(26-20(24)27-19)12-4-6-14(21)7-5-12/h4-7,9-10,18H,3,8H2,1-2H3,(H2,24,26,27). The van der Waals surface area contributed by atoms with E-state index in [4.69, 9.17) is 10.5 Å². The molecule has 3 aromatic rings. The minimum absolute atomic E-state index is 0.0333. The Morgan fingerprint density at radius 2 is 1.75 bits per heavy atom. The number of benzene rings is 1. The molecule has 0 spiro atoms. The van der Waals surface area contributed by atoms with E-state index in [9.17, 15) is 13.2 Å². The Morgan fingerprint density at radius 1 is 1.04 bits per heavy atom. The first kappa shape index (κ1) is 19.6. The summed E-state index contributed by atoms with van der Waals surface area (Å²) in [5, 5.41) is 0. The predicted octanol–water partition coefficient (Wildman–Crippen LogP) is 4.96. The third kappa shape index (κ3) is 4.21. The summed E-state index contributed by atoms with van der Waals surface area (Å²) in [5.41, 5.74) is 7.64. The van der Waals surface area contributed by atoms with Crippen molar-refractivity contribution in [2.75, 3.05) is 12.3 Å². The lowest BCUT2D eigenvalue weighted by Gasteiger charge is -2.16. The molecule has 0 fully saturated rings. The van der Waals surface area contributed by atoms with Gasteiger partial charge < -0.3 is 10.5 Å². The fraction of sp³-hybridized carbons (Fsp3) is 0.250. The number of anilines is 1. The van der Waals surface area contributed by atoms with Crippen LogP contribution in [0.25, 0.3) is 22.4 Å². The van der Waals surface area contributed by atoms with Gasteiger partial charge in [-0.3, -0.25) is 4.98 Å². The summed E-state index contributed by atoms with van der Waals surface area (Å²) >= 11 is 0. The summed E-state index contributed by atoms with van der Waals surface area (Å²) in [7, 11) is 0. The quantitative estimate of drug-likeness (QED) is 0.646. The molecule has 0 unspecified atom stereocenters. The van der Waals surface area contributed by atoms with Crippen LogP contribution < -0.4 is 10.5 Å². The van der Waals surface area contributed by atoms with E-state index in [-0.39, 0.29) is 17.5 Å². The molecule has 5 nitrogen and oxygen atoms in total. The number of nitrogen functional groups attached to an aromatic ring is 1. The molecule has 2 heterocycles. The molecule has 2 N–H and O–H groups in total. The fourth-order valence-corrected chi connectivity index (χ4v) is 2.79. The van der Waals surface area contributed by atoms with Gasteiger partial charge in [-0.2, -0.15) is 4.98 Å². The molecule has 8 heteroatoms. The van der Waals surface area contributed by atoms with Crippen molar-refractivity contribution in [2.24, 2.45) is 0 Å². The molecule has 0 bridgehead atoms. The predicted molar refractivity (Wildman–Crippen MR) is 101 cm³/mol. The lowest BCUT2D eigenvalue weighted by molar-refractivity contribution is 0.146. The van der Waals surface area contributed by atoms with Crippen LogP contribution in [-0.2, 0) is 0 Å². The van der Waals surface area contributed by atoms with Crippen molar-refractivity contribution in [1.82, 2.24) is 15.0 Å². The van der Waals surface area contributed by atoms with Gasteiger partial charge in [0.1, 0.15) is 11.5 Å². The SMILES string of the molecule is CCCOc1nc(N)nc(-c2ccc(F)cc2)c1-c1cc(C)nc(C(F)F)c1. The number of aromatic nitrogens is 3. The zero-order chi connectivity index (χ0) is 20.3. The smallest absolute Gasteiger partial charge is 0.280 e. The maximum atomic E-state index is 13.4. The van der Waals surface area contributed by atoms with Gasteiger partial charge in [0.2, 0.25) is 11.8 Å². The van der Waals surface area contributed by atoms with Gasteiger partial charge in [-0.05, 0) is 55.3 Å². The number of alkyl halides is 2. The molecule has 0 atom stereocenters. The van der Waals surface area contributed by atoms with Gasteiger partial charge in [-0.15, -0.1) is 0 Å². The molecule has 0 aliphatic heterocycles. The van der Waals surface area contributed by atoms with E-state index in [2.05, 4.69) is 15.0 Å². The topological polar surface area (TPSA) is 73.9 Å². The maximum Gasteiger partial charge on any atom is 0.280 e. The molecular weight excluding hydrogens is 369 g/mol. The first-order valence-corrected chi connectivity index (χ1v) is 8.72. The van der Waals surface area contributed by atoms with E-state index in [1.165, 1.54) is 30.3 Å². The van der Waals surface area contributed by atoms with Crippen LogP contribution in [0.4, 0.5) is 19.1 Å². The van der Waals surface area contributed by atoms with Crippen molar-refractivity contribution in [1.29, 1.82) is 0 Å². The van der Waals surface area contributed by atoms with Crippen molar-refractivity contribution < 1.29 is 17.9 Å². The average molecular weight is 388 g/mol. The van der Waals surface area contributed by atoms with Gasteiger partial charge in [0.15, 0.2) is 0 Å². The molecule has 0 amide bonds. The lowest BCUT2D eigenvalue weighted by Crippen LogP contribution is -2.06. The third-order valence-electron chi connectivity index (χ3n) is 3.94. The van der Waals surface area contributed by atoms with Crippen molar-refractivity contribution in [3.63, 3.8) is 0 Å². The number of nitrogens with zero attached hydrogens (tertiary/aromatic N) is 3. The Balaban J connectivity index is 2.29. The molecule has 28 heavy (non-hydrogen) atoms. The first-order valence-electron chi connectivity index (χ1n) is 8.72. The van der Waals surface area contributed by atoms with Crippen molar-refractivity contribution in [2.45, 2.75) is 26.7 Å². The molecule has 146 valence electrons. The monoisotopic (exact) mass is 388 g/mol. The maximum absolute atomic E-state index is 13.4. The van der Waals surface area contributed by atoms with Gasteiger partial charge in [-0.1, -0.05) is 6.92 Å². The van der Waals surface area contributed by atoms with Gasteiger partial charge in [-0.25, -0.2) is 18.2 Å². The van der Waals surface area contributed by atoms with Crippen LogP contribution in [0.15, 0.2) is 36.4 Å². The second-order valence-electron chi connectivity index (χ2n) is 6.19. The Morgan fingerprint density at radius 3 is 2.39 bits per heavy atom. The normalized spacial score (nSPS) is 11.1. The van der Waals surface area contributed by atoms with Gasteiger partial charge >= 0.3 is 0 Å². The van der Waals surface area contributed by atoms with Gasteiger partial charge in [0.25, 0.3) is 6.43 Å². The van der Waals surface area contributed by atoms with Crippen LogP contribution in [0.5, 0.6) is 5.88 Å². The van der Waals surface area contributed by atoms with Gasteiger partial charge in [0.05, 0.1) is 17.9 Å². The fourth-order valence-electron chi connectivity index (χ4n) is 2.79. The zero-order valence-electron chi connectivity index (χ0n) is 15.4. The highest BCUT2D eigenvalue weighted by Crippen LogP contribution is 2.39. The van der Waals surface area contributed by atoms with E-state index < -0.39 is 12.2 Å². The van der Waals surface area contributed by atoms with Crippen LogP contribution in [-0.4, -0.2) is 21.6 Å². The molecule has 0 radical (unpaired) electrons. The Kier molecular flexibility index (Phi) is 5.77. The number of hydrogen-bond donors (Lipinski definition) is 1. The average Bonchev–Trinajstić information content (AvgIpc) is 2.65. The van der Waals surface area contributed by atoms with Crippen LogP contribution in [0.1, 0.15) is 31.2 Å². The van der Waals surface area contributed by atoms with E-state index >= 15 is 0 Å². The molecule has 0 aliphatic carbocycles. The molecule has 0 saturated heterocycles. The summed E-state index contributed by atoms with van der Waals surface area (Å²) in [6.07, 6.45) is -2.02. The Bertz CT molecular complexity index is 978. The van der Waals surface area contributed by atoms with Crippen molar-refractivity contribution in [3.8, 4) is 28.3 Å². The number of aryl methyl sites for hydroxylation is 1. The highest BCUT2D eigenvalue weighted by Gasteiger charge is 2.21. The first-order chi connectivity index (χ1) is 13.4. The Labute approximate surface area is 160 Å². The van der Waals surface area contributed by atoms with E-state index in [0.29, 0.717) is 41.1 Å². The van der Waals surface area contributed by atoms with Crippen LogP contribution >= 0.6 is 0 Å². The number of ether oxygens (including phenoxy) is 1. The molecule has 3 rings (SSSR count). The summed E-state index contributed by atoms with van der Waals surface area (Å²) in [6.45, 7) is 3.91. The Hall–Kier alpha value is -3.16. The number of pyridine rings is 1. The summed E-state index contributed by atoms with van der Waals surface area (Å²) < 4.78 is 45.7. The van der Waals surface area contributed by atoms with E-state index in [1.807, 2.05) is 6.92 Å². The highest BCUT2D eigenvalue weighted by molar-refractivity contribution is 5.85. The second-order valence-corrected chi connectivity index (χ2v) is 6.19. The molecular formula is C20H19F3N4O. The van der Waals surface area contributed by atoms with Gasteiger partial charge in [0, 0.05) is 11.3 Å². The third-order valence-corrected chi connectivity index (χ3v) is 3.94. The molecule has 2 aromatic heterocycles. The largest absolute Gasteiger partial charge is 0.477 e. The summed E-state index contributed by atoms with van der Waals surface area (Å²) in [6, 6.07) is 8.56. The van der Waals surface area contributed by atoms with E-state index in [0.717, 1.165) is 0 Å². The zero-order valence-corrected chi connectivity index (χ0v) is 15.4. The van der Waals surface area contributed by atoms with Crippen LogP contribution in [0.2, 0.25) is 0 Å². The number of nitrogens with two attached hydrogens (primary N) is 1. The highest BCUT2D eigenvalue weighted by atomic mass is 19.3. The number of hydrogen-bond acceptors (Lipinski definition) is 5. The molecule has 1 aromatic carbocycles. The minimum atomic E-state index is -2.73. The molecule has 0 aliphatic rings. The van der Waals surface area contributed by atoms with Crippen LogP contribution in [0, 0.1) is 12.7 Å². The summed E-state index contributed by atoms with van der Waals surface area (Å²) in [4.78, 5) is 12.3. The molecule has 0 saturated carbocycles. The lowest BCUT2D eigenvalue weighted by atomic mass is 9.99. The number of halogens is 3. The summed E-state index contributed by atoms with van der Waals surface area (Å²) in [5.74, 6) is -0.261. The van der Waals surface area contributed by atoms with Crippen molar-refractivity contribution >= 4 is 5.95 Å².